The Labute approximate surface area is 170 Å². The van der Waals surface area contributed by atoms with Crippen molar-refractivity contribution in [3.8, 4) is 0 Å². The van der Waals surface area contributed by atoms with Crippen LogP contribution in [0.1, 0.15) is 18.5 Å². The van der Waals surface area contributed by atoms with E-state index < -0.39 is 9.62 Å². The summed E-state index contributed by atoms with van der Waals surface area (Å²) in [5.74, 6) is 0.992. The number of rotatable bonds is 4. The standard InChI is InChI=1S/C20H26N6S2/c1-15(16-4-6-19-18(12-16)24-14-27-19)25-8-10-26(11-9-25)20-7-5-17(13-23-20)28(3,21)22-2/h4-7,12-15,21H,8-11H2,1-3H3. The number of pyridine rings is 1. The minimum absolute atomic E-state index is 0.377. The predicted octanol–water partition coefficient (Wildman–Crippen LogP) is 4.29. The molecule has 148 valence electrons. The first kappa shape index (κ1) is 19.3. The topological polar surface area (TPSA) is 68.5 Å². The van der Waals surface area contributed by atoms with Gasteiger partial charge in [0.2, 0.25) is 0 Å². The first-order valence-corrected chi connectivity index (χ1v) is 12.3. The summed E-state index contributed by atoms with van der Waals surface area (Å²) in [5, 5.41) is 0. The van der Waals surface area contributed by atoms with E-state index in [0.29, 0.717) is 6.04 Å². The third-order valence-electron chi connectivity index (χ3n) is 5.57. The second-order valence-corrected chi connectivity index (χ2v) is 10.7. The molecular weight excluding hydrogens is 388 g/mol. The number of fused-ring (bicyclic) bond motifs is 1. The van der Waals surface area contributed by atoms with Crippen LogP contribution in [0.15, 0.2) is 51.3 Å². The van der Waals surface area contributed by atoms with E-state index in [1.165, 1.54) is 10.3 Å². The van der Waals surface area contributed by atoms with E-state index in [-0.39, 0.29) is 0 Å². The van der Waals surface area contributed by atoms with Crippen molar-refractivity contribution in [2.45, 2.75) is 17.9 Å². The molecule has 0 amide bonds. The molecule has 3 aromatic rings. The molecule has 0 radical (unpaired) electrons. The SMILES string of the molecule is CN=S(C)(=N)c1ccc(N2CCN(C(C)c3ccc4scnc4c3)CC2)nc1. The molecule has 1 N–H and O–H groups in total. The van der Waals surface area contributed by atoms with Crippen molar-refractivity contribution in [2.75, 3.05) is 44.4 Å². The van der Waals surface area contributed by atoms with Gasteiger partial charge in [0.05, 0.1) is 15.7 Å². The first-order valence-electron chi connectivity index (χ1n) is 9.40. The van der Waals surface area contributed by atoms with Gasteiger partial charge >= 0.3 is 0 Å². The maximum Gasteiger partial charge on any atom is 0.128 e. The highest BCUT2D eigenvalue weighted by atomic mass is 32.2. The maximum absolute atomic E-state index is 8.28. The number of nitrogens with zero attached hydrogens (tertiary/aromatic N) is 5. The third-order valence-corrected chi connectivity index (χ3v) is 8.27. The molecule has 0 aliphatic carbocycles. The van der Waals surface area contributed by atoms with E-state index in [2.05, 4.69) is 49.3 Å². The van der Waals surface area contributed by atoms with Crippen molar-refractivity contribution in [3.63, 3.8) is 0 Å². The predicted molar refractivity (Wildman–Crippen MR) is 119 cm³/mol. The molecule has 2 unspecified atom stereocenters. The molecule has 28 heavy (non-hydrogen) atoms. The normalized spacial score (nSPS) is 18.8. The van der Waals surface area contributed by atoms with Gasteiger partial charge in [0, 0.05) is 56.6 Å². The minimum Gasteiger partial charge on any atom is -0.354 e. The number of aromatic nitrogens is 2. The molecule has 4 rings (SSSR count). The van der Waals surface area contributed by atoms with E-state index in [0.717, 1.165) is 42.4 Å². The molecule has 0 bridgehead atoms. The van der Waals surface area contributed by atoms with Crippen molar-refractivity contribution >= 4 is 37.0 Å². The lowest BCUT2D eigenvalue weighted by Gasteiger charge is -2.38. The second kappa shape index (κ2) is 7.77. The molecule has 0 saturated carbocycles. The molecule has 2 atom stereocenters. The van der Waals surface area contributed by atoms with E-state index >= 15 is 0 Å². The van der Waals surface area contributed by atoms with Crippen molar-refractivity contribution in [1.82, 2.24) is 14.9 Å². The molecule has 0 spiro atoms. The Morgan fingerprint density at radius 1 is 1.14 bits per heavy atom. The quantitative estimate of drug-likeness (QED) is 0.691. The van der Waals surface area contributed by atoms with Crippen LogP contribution in [0.4, 0.5) is 5.82 Å². The van der Waals surface area contributed by atoms with Crippen LogP contribution in [-0.2, 0) is 9.62 Å². The average Bonchev–Trinajstić information content (AvgIpc) is 3.21. The Hall–Kier alpha value is -2.03. The highest BCUT2D eigenvalue weighted by molar-refractivity contribution is 7.94. The summed E-state index contributed by atoms with van der Waals surface area (Å²) in [5.41, 5.74) is 4.34. The number of nitrogens with one attached hydrogen (secondary N) is 1. The lowest BCUT2D eigenvalue weighted by molar-refractivity contribution is 0.198. The van der Waals surface area contributed by atoms with Gasteiger partial charge < -0.3 is 4.90 Å². The van der Waals surface area contributed by atoms with Crippen LogP contribution in [0, 0.1) is 4.78 Å². The Bertz CT molecular complexity index is 1070. The minimum atomic E-state index is -1.83. The van der Waals surface area contributed by atoms with E-state index in [1.54, 1.807) is 18.4 Å². The van der Waals surface area contributed by atoms with Crippen molar-refractivity contribution < 1.29 is 0 Å². The van der Waals surface area contributed by atoms with Crippen molar-refractivity contribution in [3.05, 3.63) is 47.6 Å². The van der Waals surface area contributed by atoms with Crippen molar-refractivity contribution in [1.29, 1.82) is 4.78 Å². The van der Waals surface area contributed by atoms with Gasteiger partial charge in [-0.1, -0.05) is 6.07 Å². The first-order chi connectivity index (χ1) is 13.5. The zero-order valence-corrected chi connectivity index (χ0v) is 18.1. The lowest BCUT2D eigenvalue weighted by Crippen LogP contribution is -2.47. The second-order valence-electron chi connectivity index (χ2n) is 7.19. The fourth-order valence-corrected chi connectivity index (χ4v) is 5.04. The number of benzene rings is 1. The number of piperazine rings is 1. The van der Waals surface area contributed by atoms with E-state index in [1.807, 2.05) is 30.1 Å². The van der Waals surface area contributed by atoms with Crippen LogP contribution in [0.5, 0.6) is 0 Å². The largest absolute Gasteiger partial charge is 0.354 e. The summed E-state index contributed by atoms with van der Waals surface area (Å²) in [7, 11) is -0.115. The number of hydrogen-bond acceptors (Lipinski definition) is 7. The zero-order chi connectivity index (χ0) is 19.7. The number of anilines is 1. The Balaban J connectivity index is 1.42. The average molecular weight is 415 g/mol. The van der Waals surface area contributed by atoms with Gasteiger partial charge in [-0.05, 0) is 46.4 Å². The molecular formula is C20H26N6S2. The molecule has 3 heterocycles. The summed E-state index contributed by atoms with van der Waals surface area (Å²) in [6.45, 7) is 6.21. The van der Waals surface area contributed by atoms with Gasteiger partial charge in [0.1, 0.15) is 5.82 Å². The highest BCUT2D eigenvalue weighted by Crippen LogP contribution is 2.27. The molecule has 1 aliphatic rings. The third kappa shape index (κ3) is 3.76. The monoisotopic (exact) mass is 414 g/mol. The molecule has 1 aromatic carbocycles. The number of hydrogen-bond donors (Lipinski definition) is 1. The van der Waals surface area contributed by atoms with Crippen LogP contribution >= 0.6 is 11.3 Å². The Kier molecular flexibility index (Phi) is 5.35. The van der Waals surface area contributed by atoms with Gasteiger partial charge in [0.15, 0.2) is 0 Å². The van der Waals surface area contributed by atoms with Crippen LogP contribution in [0.3, 0.4) is 0 Å². The fraction of sp³-hybridized carbons (Fsp3) is 0.400. The van der Waals surface area contributed by atoms with E-state index in [9.17, 15) is 0 Å². The fourth-order valence-electron chi connectivity index (χ4n) is 3.58. The summed E-state index contributed by atoms with van der Waals surface area (Å²) in [6, 6.07) is 11.1. The summed E-state index contributed by atoms with van der Waals surface area (Å²) >= 11 is 1.69. The maximum atomic E-state index is 8.28. The Morgan fingerprint density at radius 2 is 1.93 bits per heavy atom. The molecule has 8 heteroatoms. The summed E-state index contributed by atoms with van der Waals surface area (Å²) < 4.78 is 13.7. The van der Waals surface area contributed by atoms with Crippen LogP contribution in [-0.4, -0.2) is 54.4 Å². The number of thiazole rings is 1. The molecule has 2 aromatic heterocycles. The lowest BCUT2D eigenvalue weighted by atomic mass is 10.1. The van der Waals surface area contributed by atoms with Crippen LogP contribution in [0.2, 0.25) is 0 Å². The van der Waals surface area contributed by atoms with Gasteiger partial charge in [0.25, 0.3) is 0 Å². The molecule has 1 saturated heterocycles. The van der Waals surface area contributed by atoms with Gasteiger partial charge in [-0.3, -0.25) is 14.0 Å². The van der Waals surface area contributed by atoms with Gasteiger partial charge in [-0.15, -0.1) is 11.3 Å². The van der Waals surface area contributed by atoms with E-state index in [4.69, 9.17) is 4.78 Å². The van der Waals surface area contributed by atoms with Crippen molar-refractivity contribution in [2.24, 2.45) is 4.36 Å². The van der Waals surface area contributed by atoms with Crippen LogP contribution in [0.25, 0.3) is 10.2 Å². The summed E-state index contributed by atoms with van der Waals surface area (Å²) in [6.07, 6.45) is 3.69. The molecule has 6 nitrogen and oxygen atoms in total. The van der Waals surface area contributed by atoms with Gasteiger partial charge in [-0.2, -0.15) is 0 Å². The highest BCUT2D eigenvalue weighted by Gasteiger charge is 2.23. The summed E-state index contributed by atoms with van der Waals surface area (Å²) in [4.78, 5) is 14.8. The van der Waals surface area contributed by atoms with Gasteiger partial charge in [-0.25, -0.2) is 9.97 Å². The molecule has 1 aliphatic heterocycles. The Morgan fingerprint density at radius 3 is 2.61 bits per heavy atom. The smallest absolute Gasteiger partial charge is 0.128 e. The molecule has 1 fully saturated rings. The van der Waals surface area contributed by atoms with Crippen LogP contribution < -0.4 is 4.90 Å². The zero-order valence-electron chi connectivity index (χ0n) is 16.5.